The predicted molar refractivity (Wildman–Crippen MR) is 116 cm³/mol. The number of alkyl halides is 4. The minimum atomic E-state index is -4.31. The van der Waals surface area contributed by atoms with E-state index in [0.29, 0.717) is 36.0 Å². The van der Waals surface area contributed by atoms with Crippen LogP contribution >= 0.6 is 23.0 Å². The van der Waals surface area contributed by atoms with E-state index in [4.69, 9.17) is 3.07 Å². The summed E-state index contributed by atoms with van der Waals surface area (Å²) in [5.74, 6) is 2.43. The molecule has 7 heteroatoms. The summed E-state index contributed by atoms with van der Waals surface area (Å²) < 4.78 is 59.5. The number of aliphatic hydroxyl groups excluding tert-OH is 1. The summed E-state index contributed by atoms with van der Waals surface area (Å²) in [5, 5.41) is 10.1. The Hall–Kier alpha value is 0.370. The zero-order valence-corrected chi connectivity index (χ0v) is 20.1. The van der Waals surface area contributed by atoms with Gasteiger partial charge in [0, 0.05) is 0 Å². The molecule has 0 aliphatic heterocycles. The third-order valence-corrected chi connectivity index (χ3v) is 11.0. The van der Waals surface area contributed by atoms with Crippen molar-refractivity contribution >= 4 is 23.0 Å². The van der Waals surface area contributed by atoms with Crippen LogP contribution in [0.4, 0.5) is 17.6 Å². The lowest BCUT2D eigenvalue weighted by Gasteiger charge is -2.58. The van der Waals surface area contributed by atoms with Crippen molar-refractivity contribution in [1.82, 2.24) is 0 Å². The van der Waals surface area contributed by atoms with E-state index in [1.807, 2.05) is 6.92 Å². The van der Waals surface area contributed by atoms with Gasteiger partial charge in [0.25, 0.3) is 0 Å². The highest BCUT2D eigenvalue weighted by molar-refractivity contribution is 14.1. The van der Waals surface area contributed by atoms with Crippen LogP contribution in [0.2, 0.25) is 0 Å². The Morgan fingerprint density at radius 2 is 1.73 bits per heavy atom. The Bertz CT molecular complexity index is 631. The van der Waals surface area contributed by atoms with E-state index in [9.17, 15) is 22.7 Å². The molecular formula is C23H35F4IO2. The largest absolute Gasteiger partial charge is 0.418 e. The molecule has 30 heavy (non-hydrogen) atoms. The molecule has 0 spiro atoms. The summed E-state index contributed by atoms with van der Waals surface area (Å²) in [7, 11) is 0. The van der Waals surface area contributed by atoms with Crippen molar-refractivity contribution in [2.75, 3.05) is 6.67 Å². The van der Waals surface area contributed by atoms with Crippen LogP contribution in [0.25, 0.3) is 0 Å². The lowest BCUT2D eigenvalue weighted by atomic mass is 9.48. The lowest BCUT2D eigenvalue weighted by molar-refractivity contribution is -0.261. The Kier molecular flexibility index (Phi) is 6.51. The molecule has 4 rings (SSSR count). The standard InChI is InChI=1S/C23H35F4IO2/c1-13(20(29)12-24)18-5-6-19-17-4-3-14-11-22(30-28,23(25,26)27)10-8-15(14)16(17)7-9-21(18,19)2/h13-20,29H,3-12H2,1-2H3/t13-,14+,15-,16+,17+,18+,19-,20+,21+,22+/m0/s1. The SMILES string of the molecule is C[C@H]([C@H](O)CF)[C@H]1CC[C@H]2[C@@H]3CC[C@@H]4C[C@@](OI)(C(F)(F)F)CC[C@@H]4[C@H]3CC[C@]12C. The summed E-state index contributed by atoms with van der Waals surface area (Å²) >= 11 is 1.46. The first-order chi connectivity index (χ1) is 14.1. The normalized spacial score (nSPS) is 48.4. The van der Waals surface area contributed by atoms with Crippen molar-refractivity contribution in [1.29, 1.82) is 0 Å². The monoisotopic (exact) mass is 546 g/mol. The zero-order chi connectivity index (χ0) is 21.9. The molecule has 0 aromatic heterocycles. The molecule has 0 radical (unpaired) electrons. The van der Waals surface area contributed by atoms with Gasteiger partial charge in [-0.3, -0.25) is 3.07 Å². The first-order valence-electron chi connectivity index (χ1n) is 11.7. The lowest BCUT2D eigenvalue weighted by Crippen LogP contribution is -2.55. The number of hydrogen-bond donors (Lipinski definition) is 1. The summed E-state index contributed by atoms with van der Waals surface area (Å²) in [5.41, 5.74) is -1.85. The number of hydrogen-bond acceptors (Lipinski definition) is 2. The molecule has 10 atom stereocenters. The Labute approximate surface area is 191 Å². The minimum absolute atomic E-state index is 0.0409. The van der Waals surface area contributed by atoms with Gasteiger partial charge >= 0.3 is 6.18 Å². The maximum Gasteiger partial charge on any atom is 0.418 e. The fourth-order valence-corrected chi connectivity index (χ4v) is 9.20. The average molecular weight is 546 g/mol. The van der Waals surface area contributed by atoms with Gasteiger partial charge in [-0.2, -0.15) is 13.2 Å². The zero-order valence-electron chi connectivity index (χ0n) is 17.9. The quantitative estimate of drug-likeness (QED) is 0.308. The van der Waals surface area contributed by atoms with Crippen molar-refractivity contribution in [3.8, 4) is 0 Å². The molecule has 0 heterocycles. The van der Waals surface area contributed by atoms with E-state index in [1.165, 1.54) is 23.0 Å². The average Bonchev–Trinajstić information content (AvgIpc) is 3.08. The molecule has 174 valence electrons. The number of halogens is 5. The van der Waals surface area contributed by atoms with Crippen molar-refractivity contribution in [2.24, 2.45) is 46.8 Å². The van der Waals surface area contributed by atoms with Gasteiger partial charge in [0.1, 0.15) is 29.7 Å². The molecule has 0 bridgehead atoms. The fraction of sp³-hybridized carbons (Fsp3) is 1.00. The second-order valence-corrected chi connectivity index (χ2v) is 11.5. The van der Waals surface area contributed by atoms with Crippen molar-refractivity contribution in [3.05, 3.63) is 0 Å². The Morgan fingerprint density at radius 3 is 2.37 bits per heavy atom. The van der Waals surface area contributed by atoms with Gasteiger partial charge in [-0.1, -0.05) is 13.8 Å². The molecule has 0 aromatic carbocycles. The van der Waals surface area contributed by atoms with Crippen molar-refractivity contribution < 1.29 is 25.7 Å². The highest BCUT2D eigenvalue weighted by Crippen LogP contribution is 2.66. The molecule has 1 N–H and O–H groups in total. The van der Waals surface area contributed by atoms with Crippen LogP contribution < -0.4 is 0 Å². The summed E-state index contributed by atoms with van der Waals surface area (Å²) in [6, 6.07) is 0. The molecule has 0 aromatic rings. The topological polar surface area (TPSA) is 29.5 Å². The summed E-state index contributed by atoms with van der Waals surface area (Å²) in [6.07, 6.45) is 1.75. The van der Waals surface area contributed by atoms with Gasteiger partial charge in [-0.05, 0) is 105 Å². The van der Waals surface area contributed by atoms with E-state index in [2.05, 4.69) is 6.92 Å². The van der Waals surface area contributed by atoms with Crippen molar-refractivity contribution in [2.45, 2.75) is 89.5 Å². The van der Waals surface area contributed by atoms with Gasteiger partial charge in [-0.15, -0.1) is 0 Å². The van der Waals surface area contributed by atoms with Crippen LogP contribution in [0.15, 0.2) is 0 Å². The molecule has 0 amide bonds. The Balaban J connectivity index is 1.50. The van der Waals surface area contributed by atoms with Crippen LogP contribution in [0, 0.1) is 46.8 Å². The van der Waals surface area contributed by atoms with E-state index < -0.39 is 24.6 Å². The maximum atomic E-state index is 13.8. The number of rotatable bonds is 4. The fourth-order valence-electron chi connectivity index (χ4n) is 8.55. The second-order valence-electron chi connectivity index (χ2n) is 11.1. The minimum Gasteiger partial charge on any atom is -0.390 e. The van der Waals surface area contributed by atoms with Gasteiger partial charge in [0.2, 0.25) is 0 Å². The molecule has 4 aliphatic rings. The van der Waals surface area contributed by atoms with Crippen LogP contribution in [0.5, 0.6) is 0 Å². The molecule has 0 unspecified atom stereocenters. The van der Waals surface area contributed by atoms with Crippen LogP contribution in [-0.2, 0) is 3.07 Å². The van der Waals surface area contributed by atoms with Gasteiger partial charge < -0.3 is 5.11 Å². The third kappa shape index (κ3) is 3.55. The summed E-state index contributed by atoms with van der Waals surface area (Å²) in [4.78, 5) is 0. The molecular weight excluding hydrogens is 511 g/mol. The van der Waals surface area contributed by atoms with Crippen molar-refractivity contribution in [3.63, 3.8) is 0 Å². The molecule has 4 saturated carbocycles. The smallest absolute Gasteiger partial charge is 0.390 e. The highest BCUT2D eigenvalue weighted by atomic mass is 127. The van der Waals surface area contributed by atoms with Crippen LogP contribution in [0.3, 0.4) is 0 Å². The number of fused-ring (bicyclic) bond motifs is 5. The maximum absolute atomic E-state index is 13.8. The van der Waals surface area contributed by atoms with Gasteiger partial charge in [0.05, 0.1) is 6.10 Å². The summed E-state index contributed by atoms with van der Waals surface area (Å²) in [6.45, 7) is 3.65. The van der Waals surface area contributed by atoms with E-state index in [1.54, 1.807) is 0 Å². The first-order valence-corrected chi connectivity index (χ1v) is 12.6. The van der Waals surface area contributed by atoms with Crippen LogP contribution in [-0.4, -0.2) is 29.7 Å². The molecule has 4 fully saturated rings. The predicted octanol–water partition coefficient (Wildman–Crippen LogP) is 6.89. The van der Waals surface area contributed by atoms with E-state index in [0.717, 1.165) is 38.5 Å². The molecule has 4 aliphatic carbocycles. The number of aliphatic hydroxyl groups is 1. The third-order valence-electron chi connectivity index (χ3n) is 10.1. The second kappa shape index (κ2) is 8.30. The van der Waals surface area contributed by atoms with Gasteiger partial charge in [-0.25, -0.2) is 4.39 Å². The van der Waals surface area contributed by atoms with E-state index >= 15 is 0 Å². The highest BCUT2D eigenvalue weighted by Gasteiger charge is 2.63. The van der Waals surface area contributed by atoms with Crippen LogP contribution in [0.1, 0.15) is 71.6 Å². The Morgan fingerprint density at radius 1 is 1.03 bits per heavy atom. The molecule has 0 saturated heterocycles. The first kappa shape index (κ1) is 23.5. The van der Waals surface area contributed by atoms with E-state index in [-0.39, 0.29) is 30.1 Å². The molecule has 2 nitrogen and oxygen atoms in total. The van der Waals surface area contributed by atoms with Gasteiger partial charge in [0.15, 0.2) is 5.60 Å².